The molecule has 0 fully saturated rings. The summed E-state index contributed by atoms with van der Waals surface area (Å²) in [6.07, 6.45) is 3.34. The summed E-state index contributed by atoms with van der Waals surface area (Å²) in [7, 11) is 0. The number of hydrogen-bond donors (Lipinski definition) is 0. The second-order valence-electron chi connectivity index (χ2n) is 3.48. The standard InChI is InChI=1S/C10H13.C2H5O.O.Sn/c1-2-3-7-10-8-5-4-6-9-10;1-2-3;;/h4-6,8H,2-3,7H2,1H3;2H2,1H3;;/q;-1;;+1. The van der Waals surface area contributed by atoms with Crippen molar-refractivity contribution in [2.75, 3.05) is 6.61 Å². The van der Waals surface area contributed by atoms with Gasteiger partial charge < -0.3 is 0 Å². The van der Waals surface area contributed by atoms with Crippen LogP contribution in [-0.2, 0) is 12.6 Å². The molecule has 1 rings (SSSR count). The minimum atomic E-state index is -2.96. The van der Waals surface area contributed by atoms with Crippen LogP contribution in [0.25, 0.3) is 0 Å². The molecule has 0 aliphatic rings. The summed E-state index contributed by atoms with van der Waals surface area (Å²) in [6, 6.07) is 7.99. The number of rotatable bonds is 6. The molecular weight excluding hydrogens is 295 g/mol. The van der Waals surface area contributed by atoms with Gasteiger partial charge in [-0.3, -0.25) is 0 Å². The van der Waals surface area contributed by atoms with E-state index in [0.29, 0.717) is 6.61 Å². The van der Waals surface area contributed by atoms with E-state index in [1.54, 1.807) is 0 Å². The van der Waals surface area contributed by atoms with E-state index in [9.17, 15) is 3.08 Å². The quantitative estimate of drug-likeness (QED) is 0.753. The summed E-state index contributed by atoms with van der Waals surface area (Å²) >= 11 is -2.96. The Hall–Kier alpha value is -0.221. The molecule has 0 amide bonds. The zero-order valence-corrected chi connectivity index (χ0v) is 12.3. The maximum absolute atomic E-state index is 11.9. The molecule has 0 atom stereocenters. The first kappa shape index (κ1) is 12.8. The van der Waals surface area contributed by atoms with Crippen molar-refractivity contribution in [3.05, 3.63) is 29.8 Å². The molecule has 82 valence electrons. The first-order valence-electron chi connectivity index (χ1n) is 5.54. The summed E-state index contributed by atoms with van der Waals surface area (Å²) in [5.41, 5.74) is 1.22. The molecule has 0 saturated heterocycles. The van der Waals surface area contributed by atoms with Crippen molar-refractivity contribution in [3.8, 4) is 0 Å². The van der Waals surface area contributed by atoms with E-state index in [1.807, 2.05) is 25.1 Å². The van der Waals surface area contributed by atoms with Crippen molar-refractivity contribution in [1.29, 1.82) is 0 Å². The van der Waals surface area contributed by atoms with Gasteiger partial charge in [0.05, 0.1) is 0 Å². The van der Waals surface area contributed by atoms with E-state index in [-0.39, 0.29) is 0 Å². The van der Waals surface area contributed by atoms with E-state index < -0.39 is 20.2 Å². The van der Waals surface area contributed by atoms with Crippen molar-refractivity contribution < 1.29 is 6.15 Å². The normalized spacial score (nSPS) is 10.3. The Labute approximate surface area is 99.3 Å². The van der Waals surface area contributed by atoms with Crippen LogP contribution >= 0.6 is 0 Å². The summed E-state index contributed by atoms with van der Waals surface area (Å²) in [5, 5.41) is 0. The van der Waals surface area contributed by atoms with Gasteiger partial charge in [-0.25, -0.2) is 0 Å². The third-order valence-corrected chi connectivity index (χ3v) is 6.53. The molecule has 1 aromatic carbocycles. The molecular formula is C12H18O2Sn. The minimum absolute atomic E-state index is 0.556. The Morgan fingerprint density at radius 2 is 2.00 bits per heavy atom. The molecule has 15 heavy (non-hydrogen) atoms. The predicted molar refractivity (Wildman–Crippen MR) is 62.8 cm³/mol. The van der Waals surface area contributed by atoms with Crippen LogP contribution in [-0.4, -0.2) is 26.8 Å². The summed E-state index contributed by atoms with van der Waals surface area (Å²) in [6.45, 7) is 4.62. The van der Waals surface area contributed by atoms with E-state index >= 15 is 0 Å². The van der Waals surface area contributed by atoms with Gasteiger partial charge in [-0.05, 0) is 0 Å². The van der Waals surface area contributed by atoms with E-state index in [0.717, 1.165) is 16.4 Å². The fourth-order valence-electron chi connectivity index (χ4n) is 1.51. The molecule has 0 radical (unpaired) electrons. The molecule has 0 aliphatic carbocycles. The molecule has 0 N–H and O–H groups in total. The van der Waals surface area contributed by atoms with Crippen molar-refractivity contribution in [3.63, 3.8) is 0 Å². The van der Waals surface area contributed by atoms with Gasteiger partial charge in [-0.15, -0.1) is 0 Å². The predicted octanol–water partition coefficient (Wildman–Crippen LogP) is 2.19. The number of benzene rings is 1. The Kier molecular flexibility index (Phi) is 6.10. The number of hydrogen-bond acceptors (Lipinski definition) is 2. The van der Waals surface area contributed by atoms with E-state index in [1.165, 1.54) is 12.0 Å². The summed E-state index contributed by atoms with van der Waals surface area (Å²) in [4.78, 5) is 0. The molecule has 1 aromatic rings. The van der Waals surface area contributed by atoms with Crippen LogP contribution in [0.2, 0.25) is 0 Å². The Morgan fingerprint density at radius 1 is 1.27 bits per heavy atom. The first-order chi connectivity index (χ1) is 7.29. The van der Waals surface area contributed by atoms with Crippen LogP contribution in [0.3, 0.4) is 0 Å². The average molecular weight is 313 g/mol. The zero-order valence-electron chi connectivity index (χ0n) is 9.45. The Bertz CT molecular complexity index is 323. The van der Waals surface area contributed by atoms with Crippen LogP contribution in [0, 0.1) is 0 Å². The van der Waals surface area contributed by atoms with Crippen molar-refractivity contribution in [2.24, 2.45) is 0 Å². The van der Waals surface area contributed by atoms with Crippen LogP contribution in [0.5, 0.6) is 0 Å². The molecule has 0 aliphatic heterocycles. The third kappa shape index (κ3) is 4.03. The Morgan fingerprint density at radius 3 is 2.67 bits per heavy atom. The molecule has 0 heterocycles. The van der Waals surface area contributed by atoms with E-state index in [4.69, 9.17) is 3.07 Å². The van der Waals surface area contributed by atoms with Gasteiger partial charge in [0.1, 0.15) is 0 Å². The van der Waals surface area contributed by atoms with E-state index in [2.05, 4.69) is 13.0 Å². The van der Waals surface area contributed by atoms with Gasteiger partial charge in [0.25, 0.3) is 0 Å². The van der Waals surface area contributed by atoms with Crippen molar-refractivity contribution in [2.45, 2.75) is 33.1 Å². The second kappa shape index (κ2) is 7.12. The molecule has 0 saturated carbocycles. The van der Waals surface area contributed by atoms with Gasteiger partial charge >= 0.3 is 99.4 Å². The number of aryl methyl sites for hydroxylation is 1. The summed E-state index contributed by atoms with van der Waals surface area (Å²) in [5.74, 6) is 0. The van der Waals surface area contributed by atoms with Gasteiger partial charge in [-0.2, -0.15) is 0 Å². The fraction of sp³-hybridized carbons (Fsp3) is 0.500. The van der Waals surface area contributed by atoms with Crippen LogP contribution in [0.1, 0.15) is 32.3 Å². The van der Waals surface area contributed by atoms with Crippen LogP contribution < -0.4 is 3.58 Å². The van der Waals surface area contributed by atoms with Gasteiger partial charge in [-0.1, -0.05) is 0 Å². The third-order valence-electron chi connectivity index (χ3n) is 2.31. The van der Waals surface area contributed by atoms with Gasteiger partial charge in [0, 0.05) is 0 Å². The van der Waals surface area contributed by atoms with Crippen LogP contribution in [0.4, 0.5) is 0 Å². The fourth-order valence-corrected chi connectivity index (χ4v) is 4.71. The van der Waals surface area contributed by atoms with Gasteiger partial charge in [0.15, 0.2) is 0 Å². The first-order valence-corrected chi connectivity index (χ1v) is 9.30. The summed E-state index contributed by atoms with van der Waals surface area (Å²) < 4.78 is 18.2. The SMILES string of the molecule is CCCCc1cccc[c]1[Sn](=[O])[O]CC. The Balaban J connectivity index is 2.80. The second-order valence-corrected chi connectivity index (χ2v) is 7.48. The molecule has 0 unspecified atom stereocenters. The molecule has 2 nitrogen and oxygen atoms in total. The number of unbranched alkanes of at least 4 members (excludes halogenated alkanes) is 1. The monoisotopic (exact) mass is 314 g/mol. The average Bonchev–Trinajstić information content (AvgIpc) is 2.27. The molecule has 3 heteroatoms. The van der Waals surface area contributed by atoms with Crippen molar-refractivity contribution >= 4 is 23.7 Å². The zero-order chi connectivity index (χ0) is 11.1. The molecule has 0 aromatic heterocycles. The molecule has 0 bridgehead atoms. The topological polar surface area (TPSA) is 26.3 Å². The maximum atomic E-state index is 11.9. The van der Waals surface area contributed by atoms with Gasteiger partial charge in [0.2, 0.25) is 0 Å². The van der Waals surface area contributed by atoms with Crippen molar-refractivity contribution in [1.82, 2.24) is 0 Å². The molecule has 0 spiro atoms. The van der Waals surface area contributed by atoms with Crippen LogP contribution in [0.15, 0.2) is 24.3 Å².